The molecule has 2 fully saturated rings. The van der Waals surface area contributed by atoms with Crippen LogP contribution >= 0.6 is 0 Å². The summed E-state index contributed by atoms with van der Waals surface area (Å²) >= 11 is 0. The number of carbonyl (C=O) groups is 2. The predicted octanol–water partition coefficient (Wildman–Crippen LogP) is 4.15. The molecule has 0 radical (unpaired) electrons. The molecule has 5 atom stereocenters. The van der Waals surface area contributed by atoms with Crippen molar-refractivity contribution in [1.82, 2.24) is 9.80 Å². The van der Waals surface area contributed by atoms with Crippen LogP contribution in [0.15, 0.2) is 55.1 Å². The third-order valence-electron chi connectivity index (χ3n) is 9.50. The molecule has 7 heteroatoms. The summed E-state index contributed by atoms with van der Waals surface area (Å²) in [5.41, 5.74) is 2.68. The van der Waals surface area contributed by atoms with Crippen LogP contribution in [0.1, 0.15) is 48.4 Å². The highest BCUT2D eigenvalue weighted by Crippen LogP contribution is 2.67. The fraction of sp³-hybridized carbons (Fsp3) is 0.438. The van der Waals surface area contributed by atoms with E-state index in [1.165, 1.54) is 6.92 Å². The minimum Gasteiger partial charge on any atom is -0.504 e. The molecule has 1 saturated carbocycles. The first-order valence-corrected chi connectivity index (χ1v) is 13.8. The van der Waals surface area contributed by atoms with Crippen molar-refractivity contribution in [2.45, 2.75) is 68.7 Å². The van der Waals surface area contributed by atoms with Crippen molar-refractivity contribution < 1.29 is 24.2 Å². The van der Waals surface area contributed by atoms with Crippen LogP contribution in [0.4, 0.5) is 0 Å². The van der Waals surface area contributed by atoms with Crippen LogP contribution in [-0.4, -0.2) is 70.7 Å². The molecule has 1 amide bonds. The largest absolute Gasteiger partial charge is 0.504 e. The van der Waals surface area contributed by atoms with Crippen molar-refractivity contribution in [3.8, 4) is 11.5 Å². The number of hydrogen-bond acceptors (Lipinski definition) is 6. The number of nitrogens with zero attached hydrogens (tertiary/aromatic N) is 2. The second kappa shape index (κ2) is 9.26. The molecule has 4 aliphatic rings. The van der Waals surface area contributed by atoms with Gasteiger partial charge in [0.2, 0.25) is 5.91 Å². The number of aryl methyl sites for hydroxylation is 1. The molecule has 7 nitrogen and oxygen atoms in total. The number of rotatable bonds is 6. The van der Waals surface area contributed by atoms with E-state index in [4.69, 9.17) is 9.47 Å². The zero-order valence-electron chi connectivity index (χ0n) is 22.9. The summed E-state index contributed by atoms with van der Waals surface area (Å²) in [6.45, 7) is 8.95. The number of carbonyl (C=O) groups excluding carboxylic acids is 2. The van der Waals surface area contributed by atoms with E-state index in [0.717, 1.165) is 28.8 Å². The summed E-state index contributed by atoms with van der Waals surface area (Å²) in [7, 11) is 1.82. The number of phenolic OH excluding ortho intramolecular Hbond substituents is 1. The van der Waals surface area contributed by atoms with Crippen molar-refractivity contribution in [2.24, 2.45) is 0 Å². The minimum absolute atomic E-state index is 0.0505. The van der Waals surface area contributed by atoms with E-state index < -0.39 is 17.1 Å². The lowest BCUT2D eigenvalue weighted by Gasteiger charge is -2.65. The number of benzene rings is 2. The number of amides is 1. The van der Waals surface area contributed by atoms with E-state index in [1.54, 1.807) is 17.0 Å². The molecule has 0 unspecified atom stereocenters. The second-order valence-corrected chi connectivity index (χ2v) is 11.5. The first kappa shape index (κ1) is 25.7. The van der Waals surface area contributed by atoms with Crippen molar-refractivity contribution in [2.75, 3.05) is 20.1 Å². The number of phenols is 1. The maximum atomic E-state index is 13.5. The minimum atomic E-state index is -0.825. The van der Waals surface area contributed by atoms with Gasteiger partial charge in [-0.25, -0.2) is 0 Å². The monoisotopic (exact) mass is 528 g/mol. The molecule has 2 aliphatic heterocycles. The zero-order valence-corrected chi connectivity index (χ0v) is 22.9. The molecule has 2 aromatic carbocycles. The van der Waals surface area contributed by atoms with Crippen molar-refractivity contribution >= 4 is 18.0 Å². The highest BCUT2D eigenvalue weighted by atomic mass is 16.6. The van der Waals surface area contributed by atoms with Crippen LogP contribution in [0.2, 0.25) is 0 Å². The summed E-state index contributed by atoms with van der Waals surface area (Å²) in [6.07, 6.45) is 7.50. The molecule has 2 bridgehead atoms. The Hall–Kier alpha value is -3.58. The first-order valence-electron chi connectivity index (χ1n) is 13.8. The van der Waals surface area contributed by atoms with Gasteiger partial charge in [0.25, 0.3) is 0 Å². The number of piperidine rings is 1. The smallest absolute Gasteiger partial charge is 0.303 e. The van der Waals surface area contributed by atoms with Gasteiger partial charge in [-0.3, -0.25) is 14.5 Å². The fourth-order valence-electron chi connectivity index (χ4n) is 8.04. The van der Waals surface area contributed by atoms with E-state index >= 15 is 0 Å². The lowest BCUT2D eigenvalue weighted by Crippen LogP contribution is -2.79. The molecule has 6 rings (SSSR count). The fourth-order valence-corrected chi connectivity index (χ4v) is 8.04. The third kappa shape index (κ3) is 3.66. The van der Waals surface area contributed by atoms with E-state index in [9.17, 15) is 14.7 Å². The third-order valence-corrected chi connectivity index (χ3v) is 9.50. The maximum absolute atomic E-state index is 13.5. The quantitative estimate of drug-likeness (QED) is 0.345. The van der Waals surface area contributed by atoms with E-state index in [2.05, 4.69) is 11.5 Å². The summed E-state index contributed by atoms with van der Waals surface area (Å²) in [5, 5.41) is 10.9. The van der Waals surface area contributed by atoms with Crippen molar-refractivity contribution in [1.29, 1.82) is 0 Å². The number of likely N-dealkylation sites (tertiary alicyclic amines) is 1. The zero-order chi connectivity index (χ0) is 27.5. The summed E-state index contributed by atoms with van der Waals surface area (Å²) in [4.78, 5) is 30.3. The molecule has 2 heterocycles. The lowest BCUT2D eigenvalue weighted by molar-refractivity contribution is -0.222. The second-order valence-electron chi connectivity index (χ2n) is 11.5. The van der Waals surface area contributed by atoms with Gasteiger partial charge in [-0.2, -0.15) is 0 Å². The van der Waals surface area contributed by atoms with E-state index in [0.29, 0.717) is 38.0 Å². The van der Waals surface area contributed by atoms with Crippen LogP contribution < -0.4 is 4.74 Å². The molecule has 2 aliphatic carbocycles. The average Bonchev–Trinajstić information content (AvgIpc) is 3.25. The standard InChI is InChI=1S/C32H36N2O5/c1-5-16-34-17-15-31-28-23-10-11-25(36)29(28)38-30(31)24(13-14-32(31,26(34)19-23)39-21(3)35)33(4)27(37)12-9-22-8-6-7-20(2)18-22/h5-12,18,24,26,30,36H,1,13-17,19H2,2-4H3/t24-,26+,30-,31-,32+/m0/s1. The highest BCUT2D eigenvalue weighted by molar-refractivity contribution is 5.92. The van der Waals surface area contributed by atoms with Crippen molar-refractivity contribution in [3.05, 3.63) is 77.4 Å². The SMILES string of the molecule is C=CCN1CC[C@]23c4c5ccc(O)c4O[C@H]2[C@@H](N(C)C(=O)C=Cc2cccc(C)c2)CC[C@@]3(OC(C)=O)[C@H]1C5. The normalized spacial score (nSPS) is 30.4. The van der Waals surface area contributed by atoms with Gasteiger partial charge in [0, 0.05) is 38.7 Å². The Morgan fingerprint density at radius 3 is 2.85 bits per heavy atom. The average molecular weight is 529 g/mol. The number of likely N-dealkylation sites (N-methyl/N-ethyl adjacent to an activating group) is 1. The Bertz CT molecular complexity index is 1380. The van der Waals surface area contributed by atoms with Gasteiger partial charge in [-0.1, -0.05) is 42.0 Å². The Balaban J connectivity index is 1.43. The molecule has 204 valence electrons. The van der Waals surface area contributed by atoms with Crippen LogP contribution in [0.3, 0.4) is 0 Å². The van der Waals surface area contributed by atoms with Gasteiger partial charge >= 0.3 is 5.97 Å². The van der Waals surface area contributed by atoms with Gasteiger partial charge in [0.15, 0.2) is 11.5 Å². The van der Waals surface area contributed by atoms with Gasteiger partial charge in [0.05, 0.1) is 17.5 Å². The van der Waals surface area contributed by atoms with Crippen LogP contribution in [0.5, 0.6) is 11.5 Å². The Kier molecular flexibility index (Phi) is 6.10. The summed E-state index contributed by atoms with van der Waals surface area (Å²) < 4.78 is 13.1. The van der Waals surface area contributed by atoms with Crippen LogP contribution in [-0.2, 0) is 26.2 Å². The molecule has 1 spiro atoms. The summed E-state index contributed by atoms with van der Waals surface area (Å²) in [5.74, 6) is 0.138. The Morgan fingerprint density at radius 1 is 1.28 bits per heavy atom. The summed E-state index contributed by atoms with van der Waals surface area (Å²) in [6, 6.07) is 11.4. The molecular formula is C32H36N2O5. The Morgan fingerprint density at radius 2 is 2.10 bits per heavy atom. The number of esters is 1. The lowest BCUT2D eigenvalue weighted by atomic mass is 9.48. The number of ether oxygens (including phenoxy) is 2. The van der Waals surface area contributed by atoms with Gasteiger partial charge in [0.1, 0.15) is 11.7 Å². The van der Waals surface area contributed by atoms with Crippen LogP contribution in [0.25, 0.3) is 6.08 Å². The molecule has 1 saturated heterocycles. The predicted molar refractivity (Wildman–Crippen MR) is 149 cm³/mol. The molecule has 39 heavy (non-hydrogen) atoms. The van der Waals surface area contributed by atoms with E-state index in [-0.39, 0.29) is 29.7 Å². The Labute approximate surface area is 229 Å². The number of hydrogen-bond donors (Lipinski definition) is 1. The van der Waals surface area contributed by atoms with Gasteiger partial charge < -0.3 is 19.5 Å². The molecule has 2 aromatic rings. The van der Waals surface area contributed by atoms with Gasteiger partial charge in [-0.05, 0) is 55.9 Å². The molecular weight excluding hydrogens is 492 g/mol. The molecule has 0 aromatic heterocycles. The molecule has 1 N–H and O–H groups in total. The van der Waals surface area contributed by atoms with Crippen LogP contribution in [0, 0.1) is 6.92 Å². The van der Waals surface area contributed by atoms with Crippen molar-refractivity contribution in [3.63, 3.8) is 0 Å². The highest BCUT2D eigenvalue weighted by Gasteiger charge is 2.75. The maximum Gasteiger partial charge on any atom is 0.303 e. The van der Waals surface area contributed by atoms with E-state index in [1.807, 2.05) is 56.5 Å². The number of aromatic hydroxyl groups is 1. The first-order chi connectivity index (χ1) is 18.7. The van der Waals surface area contributed by atoms with Gasteiger partial charge in [-0.15, -0.1) is 6.58 Å². The topological polar surface area (TPSA) is 79.3 Å².